The highest BCUT2D eigenvalue weighted by Crippen LogP contribution is 2.27. The quantitative estimate of drug-likeness (QED) is 0.788. The van der Waals surface area contributed by atoms with Gasteiger partial charge in [-0.05, 0) is 13.0 Å². The van der Waals surface area contributed by atoms with E-state index in [4.69, 9.17) is 4.74 Å². The monoisotopic (exact) mass is 225 g/mol. The molecule has 0 bridgehead atoms. The number of anilines is 1. The zero-order valence-corrected chi connectivity index (χ0v) is 9.40. The third-order valence-electron chi connectivity index (χ3n) is 2.88. The van der Waals surface area contributed by atoms with Crippen molar-refractivity contribution in [2.75, 3.05) is 25.0 Å². The third kappa shape index (κ3) is 2.00. The lowest BCUT2D eigenvalue weighted by molar-refractivity contribution is 0.112. The van der Waals surface area contributed by atoms with E-state index in [2.05, 4.69) is 15.6 Å². The van der Waals surface area contributed by atoms with E-state index in [1.165, 1.54) is 17.0 Å². The molecule has 0 saturated carbocycles. The molecule has 4 nitrogen and oxygen atoms in total. The minimum atomic E-state index is 0.554. The van der Waals surface area contributed by atoms with Gasteiger partial charge in [0, 0.05) is 19.0 Å². The Hall–Kier alpha value is -0.650. The van der Waals surface area contributed by atoms with Gasteiger partial charge in [0.05, 0.1) is 23.8 Å². The van der Waals surface area contributed by atoms with Crippen LogP contribution in [0, 0.1) is 0 Å². The summed E-state index contributed by atoms with van der Waals surface area (Å²) < 4.78 is 5.41. The molecule has 0 radical (unpaired) electrons. The van der Waals surface area contributed by atoms with Gasteiger partial charge < -0.3 is 15.4 Å². The molecule has 1 unspecified atom stereocenters. The Kier molecular flexibility index (Phi) is 2.60. The second-order valence-corrected chi connectivity index (χ2v) is 5.11. The van der Waals surface area contributed by atoms with Crippen molar-refractivity contribution in [2.24, 2.45) is 0 Å². The molecule has 0 aromatic carbocycles. The summed E-state index contributed by atoms with van der Waals surface area (Å²) in [5.74, 6) is 0. The van der Waals surface area contributed by atoms with Crippen molar-refractivity contribution >= 4 is 16.5 Å². The first-order valence-electron chi connectivity index (χ1n) is 5.45. The Morgan fingerprint density at radius 3 is 3.33 bits per heavy atom. The molecule has 2 aliphatic rings. The van der Waals surface area contributed by atoms with Crippen molar-refractivity contribution < 1.29 is 4.74 Å². The Labute approximate surface area is 93.0 Å². The first-order valence-corrected chi connectivity index (χ1v) is 6.27. The van der Waals surface area contributed by atoms with Crippen molar-refractivity contribution in [3.05, 3.63) is 10.6 Å². The van der Waals surface area contributed by atoms with Crippen LogP contribution in [-0.4, -0.2) is 30.7 Å². The molecular weight excluding hydrogens is 210 g/mol. The van der Waals surface area contributed by atoms with Gasteiger partial charge >= 0.3 is 0 Å². The van der Waals surface area contributed by atoms with Crippen LogP contribution in [0.1, 0.15) is 17.0 Å². The number of hydrogen-bond donors (Lipinski definition) is 2. The van der Waals surface area contributed by atoms with Crippen LogP contribution in [0.25, 0.3) is 0 Å². The molecule has 3 rings (SSSR count). The highest BCUT2D eigenvalue weighted by atomic mass is 32.1. The molecule has 0 amide bonds. The molecular formula is C10H15N3OS. The van der Waals surface area contributed by atoms with E-state index in [1.54, 1.807) is 11.3 Å². The highest BCUT2D eigenvalue weighted by molar-refractivity contribution is 7.15. The van der Waals surface area contributed by atoms with Crippen LogP contribution in [0.15, 0.2) is 0 Å². The summed E-state index contributed by atoms with van der Waals surface area (Å²) in [5, 5.41) is 7.90. The van der Waals surface area contributed by atoms with Crippen molar-refractivity contribution in [1.29, 1.82) is 0 Å². The first kappa shape index (κ1) is 9.57. The molecule has 1 aromatic rings. The number of ether oxygens (including phenoxy) is 1. The maximum absolute atomic E-state index is 5.41. The van der Waals surface area contributed by atoms with Gasteiger partial charge in [0.2, 0.25) is 0 Å². The molecule has 3 heterocycles. The number of hydrogen-bond acceptors (Lipinski definition) is 5. The summed E-state index contributed by atoms with van der Waals surface area (Å²) in [5.41, 5.74) is 1.24. The normalized spacial score (nSPS) is 25.2. The second-order valence-electron chi connectivity index (χ2n) is 4.03. The molecule has 1 fully saturated rings. The maximum atomic E-state index is 5.41. The summed E-state index contributed by atoms with van der Waals surface area (Å²) in [6.07, 6.45) is 2.16. The van der Waals surface area contributed by atoms with Crippen LogP contribution in [0.5, 0.6) is 0 Å². The number of thiazole rings is 1. The average molecular weight is 225 g/mol. The lowest BCUT2D eigenvalue weighted by atomic mass is 10.2. The predicted octanol–water partition coefficient (Wildman–Crippen LogP) is 0.990. The maximum Gasteiger partial charge on any atom is 0.183 e. The van der Waals surface area contributed by atoms with E-state index >= 15 is 0 Å². The largest absolute Gasteiger partial charge is 0.375 e. The number of rotatable bonds is 2. The molecule has 1 saturated heterocycles. The van der Waals surface area contributed by atoms with Gasteiger partial charge in [-0.25, -0.2) is 4.98 Å². The van der Waals surface area contributed by atoms with Gasteiger partial charge in [0.1, 0.15) is 0 Å². The molecule has 0 aliphatic carbocycles. The van der Waals surface area contributed by atoms with Crippen LogP contribution < -0.4 is 10.6 Å². The third-order valence-corrected chi connectivity index (χ3v) is 3.88. The van der Waals surface area contributed by atoms with Gasteiger partial charge in [-0.3, -0.25) is 0 Å². The first-order chi connectivity index (χ1) is 7.42. The van der Waals surface area contributed by atoms with E-state index < -0.39 is 0 Å². The Morgan fingerprint density at radius 2 is 2.53 bits per heavy atom. The van der Waals surface area contributed by atoms with Gasteiger partial charge in [-0.1, -0.05) is 11.3 Å². The molecule has 5 heteroatoms. The minimum Gasteiger partial charge on any atom is -0.375 e. The fourth-order valence-electron chi connectivity index (χ4n) is 2.04. The van der Waals surface area contributed by atoms with E-state index in [0.717, 1.165) is 37.9 Å². The number of nitrogens with zero attached hydrogens (tertiary/aromatic N) is 1. The Balaban J connectivity index is 1.72. The van der Waals surface area contributed by atoms with E-state index in [0.29, 0.717) is 6.04 Å². The lowest BCUT2D eigenvalue weighted by Gasteiger charge is -2.08. The molecule has 2 aliphatic heterocycles. The topological polar surface area (TPSA) is 46.2 Å². The van der Waals surface area contributed by atoms with Crippen molar-refractivity contribution in [1.82, 2.24) is 10.3 Å². The van der Waals surface area contributed by atoms with Gasteiger partial charge in [-0.15, -0.1) is 0 Å². The summed E-state index contributed by atoms with van der Waals surface area (Å²) in [6, 6.07) is 0.554. The van der Waals surface area contributed by atoms with Crippen LogP contribution in [-0.2, 0) is 17.8 Å². The highest BCUT2D eigenvalue weighted by Gasteiger charge is 2.19. The molecule has 2 N–H and O–H groups in total. The summed E-state index contributed by atoms with van der Waals surface area (Å²) >= 11 is 1.75. The van der Waals surface area contributed by atoms with E-state index in [-0.39, 0.29) is 0 Å². The molecule has 82 valence electrons. The fourth-order valence-corrected chi connectivity index (χ4v) is 3.06. The molecule has 15 heavy (non-hydrogen) atoms. The molecule has 1 atom stereocenters. The summed E-state index contributed by atoms with van der Waals surface area (Å²) in [7, 11) is 0. The van der Waals surface area contributed by atoms with Crippen LogP contribution in [0.2, 0.25) is 0 Å². The zero-order chi connectivity index (χ0) is 10.1. The SMILES string of the molecule is C1CC(Nc2nc3c(s2)COCC3)CN1. The summed E-state index contributed by atoms with van der Waals surface area (Å²) in [6.45, 7) is 3.74. The fraction of sp³-hybridized carbons (Fsp3) is 0.700. The smallest absolute Gasteiger partial charge is 0.183 e. The summed E-state index contributed by atoms with van der Waals surface area (Å²) in [4.78, 5) is 5.91. The van der Waals surface area contributed by atoms with Crippen LogP contribution >= 0.6 is 11.3 Å². The number of aromatic nitrogens is 1. The van der Waals surface area contributed by atoms with Crippen molar-refractivity contribution in [3.63, 3.8) is 0 Å². The van der Waals surface area contributed by atoms with Gasteiger partial charge in [0.15, 0.2) is 5.13 Å². The predicted molar refractivity (Wildman–Crippen MR) is 60.4 cm³/mol. The zero-order valence-electron chi connectivity index (χ0n) is 8.58. The standard InChI is InChI=1S/C10H15N3OS/c1-3-11-5-7(1)12-10-13-8-2-4-14-6-9(8)15-10/h7,11H,1-6H2,(H,12,13). The van der Waals surface area contributed by atoms with Crippen LogP contribution in [0.3, 0.4) is 0 Å². The van der Waals surface area contributed by atoms with Gasteiger partial charge in [-0.2, -0.15) is 0 Å². The molecule has 0 spiro atoms. The average Bonchev–Trinajstić information content (AvgIpc) is 2.86. The van der Waals surface area contributed by atoms with Gasteiger partial charge in [0.25, 0.3) is 0 Å². The second kappa shape index (κ2) is 4.08. The van der Waals surface area contributed by atoms with Crippen LogP contribution in [0.4, 0.5) is 5.13 Å². The molecule has 1 aromatic heterocycles. The van der Waals surface area contributed by atoms with E-state index in [1.807, 2.05) is 0 Å². The van der Waals surface area contributed by atoms with Crippen molar-refractivity contribution in [3.8, 4) is 0 Å². The Morgan fingerprint density at radius 1 is 1.53 bits per heavy atom. The lowest BCUT2D eigenvalue weighted by Crippen LogP contribution is -2.21. The number of nitrogens with one attached hydrogen (secondary N) is 2. The number of fused-ring (bicyclic) bond motifs is 1. The Bertz CT molecular complexity index is 323. The van der Waals surface area contributed by atoms with Crippen molar-refractivity contribution in [2.45, 2.75) is 25.5 Å². The minimum absolute atomic E-state index is 0.554. The van der Waals surface area contributed by atoms with E-state index in [9.17, 15) is 0 Å².